The lowest BCUT2D eigenvalue weighted by Crippen LogP contribution is -2.31. The number of benzene rings is 1. The van der Waals surface area contributed by atoms with Crippen LogP contribution in [0.3, 0.4) is 0 Å². The van der Waals surface area contributed by atoms with E-state index in [1.54, 1.807) is 24.3 Å². The number of aliphatic carboxylic acids is 1. The van der Waals surface area contributed by atoms with E-state index in [1.807, 2.05) is 0 Å². The van der Waals surface area contributed by atoms with Gasteiger partial charge in [-0.3, -0.25) is 9.59 Å². The van der Waals surface area contributed by atoms with Gasteiger partial charge in [0, 0.05) is 23.9 Å². The van der Waals surface area contributed by atoms with Gasteiger partial charge in [0.15, 0.2) is 9.84 Å². The van der Waals surface area contributed by atoms with E-state index in [9.17, 15) is 18.0 Å². The second kappa shape index (κ2) is 9.10. The van der Waals surface area contributed by atoms with E-state index in [1.165, 1.54) is 0 Å². The highest BCUT2D eigenvalue weighted by Gasteiger charge is 2.26. The number of rotatable bonds is 9. The summed E-state index contributed by atoms with van der Waals surface area (Å²) in [6.07, 6.45) is -0.376. The molecule has 0 aliphatic carbocycles. The molecular formula is C14H17Cl2NO5S. The molecule has 2 N–H and O–H groups in total. The predicted molar refractivity (Wildman–Crippen MR) is 90.0 cm³/mol. The van der Waals surface area contributed by atoms with Crippen LogP contribution in [0.1, 0.15) is 12.0 Å². The van der Waals surface area contributed by atoms with Gasteiger partial charge in [0.2, 0.25) is 5.91 Å². The summed E-state index contributed by atoms with van der Waals surface area (Å²) in [5.41, 5.74) is 1.05. The Morgan fingerprint density at radius 1 is 1.17 bits per heavy atom. The number of carboxylic acids is 1. The number of alkyl halides is 2. The van der Waals surface area contributed by atoms with Gasteiger partial charge in [-0.2, -0.15) is 0 Å². The summed E-state index contributed by atoms with van der Waals surface area (Å²) in [5, 5.41) is 10.2. The first-order valence-corrected chi connectivity index (χ1v) is 9.51. The lowest BCUT2D eigenvalue weighted by atomic mass is 10.1. The van der Waals surface area contributed by atoms with Gasteiger partial charge in [0.05, 0.1) is 17.4 Å². The molecule has 0 fully saturated rings. The molecule has 23 heavy (non-hydrogen) atoms. The van der Waals surface area contributed by atoms with Crippen molar-refractivity contribution >= 4 is 50.6 Å². The minimum atomic E-state index is -3.52. The van der Waals surface area contributed by atoms with Crippen molar-refractivity contribution in [2.75, 3.05) is 22.8 Å². The van der Waals surface area contributed by atoms with Crippen LogP contribution in [-0.2, 0) is 25.8 Å². The summed E-state index contributed by atoms with van der Waals surface area (Å²) < 4.78 is 23.8. The number of halogens is 2. The molecule has 1 amide bonds. The van der Waals surface area contributed by atoms with E-state index < -0.39 is 27.0 Å². The van der Waals surface area contributed by atoms with Crippen molar-refractivity contribution in [3.05, 3.63) is 29.8 Å². The van der Waals surface area contributed by atoms with E-state index in [2.05, 4.69) is 5.32 Å². The molecule has 0 spiro atoms. The maximum atomic E-state index is 11.9. The molecule has 128 valence electrons. The highest BCUT2D eigenvalue weighted by atomic mass is 35.5. The summed E-state index contributed by atoms with van der Waals surface area (Å²) in [5.74, 6) is -1.91. The number of amides is 1. The van der Waals surface area contributed by atoms with Crippen molar-refractivity contribution in [3.63, 3.8) is 0 Å². The van der Waals surface area contributed by atoms with Gasteiger partial charge in [-0.05, 0) is 17.7 Å². The molecule has 0 bridgehead atoms. The van der Waals surface area contributed by atoms with E-state index in [0.29, 0.717) is 11.3 Å². The van der Waals surface area contributed by atoms with E-state index >= 15 is 0 Å². The molecule has 0 aliphatic heterocycles. The monoisotopic (exact) mass is 381 g/mol. The second-order valence-corrected chi connectivity index (χ2v) is 7.94. The highest BCUT2D eigenvalue weighted by molar-refractivity contribution is 7.92. The molecule has 9 heteroatoms. The van der Waals surface area contributed by atoms with Crippen LogP contribution in [0.5, 0.6) is 0 Å². The van der Waals surface area contributed by atoms with Crippen LogP contribution >= 0.6 is 23.2 Å². The Kier molecular flexibility index (Phi) is 7.81. The third-order valence-electron chi connectivity index (χ3n) is 3.05. The van der Waals surface area contributed by atoms with Crippen LogP contribution < -0.4 is 5.32 Å². The molecule has 1 aromatic carbocycles. The fourth-order valence-electron chi connectivity index (χ4n) is 1.85. The molecule has 1 rings (SSSR count). The summed E-state index contributed by atoms with van der Waals surface area (Å²) >= 11 is 11.1. The molecule has 1 aromatic rings. The van der Waals surface area contributed by atoms with Gasteiger partial charge in [-0.1, -0.05) is 12.1 Å². The van der Waals surface area contributed by atoms with Crippen molar-refractivity contribution in [2.24, 2.45) is 0 Å². The Morgan fingerprint density at radius 3 is 2.26 bits per heavy atom. The topological polar surface area (TPSA) is 101 Å². The second-order valence-electron chi connectivity index (χ2n) is 4.85. The van der Waals surface area contributed by atoms with E-state index in [0.717, 1.165) is 0 Å². The maximum absolute atomic E-state index is 11.9. The summed E-state index contributed by atoms with van der Waals surface area (Å²) in [4.78, 5) is 22.5. The normalized spacial score (nSPS) is 12.6. The zero-order valence-electron chi connectivity index (χ0n) is 12.2. The number of carbonyl (C=O) groups excluding carboxylic acids is 1. The van der Waals surface area contributed by atoms with Gasteiger partial charge < -0.3 is 10.4 Å². The maximum Gasteiger partial charge on any atom is 0.307 e. The van der Waals surface area contributed by atoms with Crippen molar-refractivity contribution in [1.82, 2.24) is 0 Å². The quantitative estimate of drug-likeness (QED) is 0.636. The van der Waals surface area contributed by atoms with Gasteiger partial charge in [-0.25, -0.2) is 8.42 Å². The van der Waals surface area contributed by atoms with E-state index in [4.69, 9.17) is 28.3 Å². The first-order valence-electron chi connectivity index (χ1n) is 6.72. The van der Waals surface area contributed by atoms with Gasteiger partial charge >= 0.3 is 5.97 Å². The Bertz CT molecular complexity index is 646. The molecule has 0 radical (unpaired) electrons. The largest absolute Gasteiger partial charge is 0.481 e. The van der Waals surface area contributed by atoms with Gasteiger partial charge in [-0.15, -0.1) is 23.2 Å². The Labute approximate surface area is 144 Å². The highest BCUT2D eigenvalue weighted by Crippen LogP contribution is 2.14. The number of anilines is 1. The third kappa shape index (κ3) is 6.76. The Balaban J connectivity index is 2.66. The van der Waals surface area contributed by atoms with Gasteiger partial charge in [0.25, 0.3) is 0 Å². The SMILES string of the molecule is O=C(O)Cc1ccc(NC(=O)C[C@@H](CCl)S(=O)(=O)CCCl)cc1. The van der Waals surface area contributed by atoms with Crippen molar-refractivity contribution < 1.29 is 23.1 Å². The zero-order valence-corrected chi connectivity index (χ0v) is 14.5. The lowest BCUT2D eigenvalue weighted by Gasteiger charge is -2.14. The average molecular weight is 382 g/mol. The number of carbonyl (C=O) groups is 2. The minimum absolute atomic E-state index is 0.0532. The molecule has 0 saturated heterocycles. The molecule has 0 aromatic heterocycles. The molecular weight excluding hydrogens is 365 g/mol. The van der Waals surface area contributed by atoms with Crippen LogP contribution in [0.2, 0.25) is 0 Å². The number of carboxylic acid groups (broad SMARTS) is 1. The summed E-state index contributed by atoms with van der Waals surface area (Å²) in [6, 6.07) is 6.26. The number of hydrogen-bond acceptors (Lipinski definition) is 4. The predicted octanol–water partition coefficient (Wildman–Crippen LogP) is 1.90. The first kappa shape index (κ1) is 19.7. The van der Waals surface area contributed by atoms with Crippen molar-refractivity contribution in [2.45, 2.75) is 18.1 Å². The van der Waals surface area contributed by atoms with Crippen LogP contribution in [0.4, 0.5) is 5.69 Å². The standard InChI is InChI=1S/C14H17Cl2NO5S/c15-5-6-23(21,22)12(9-16)8-13(18)17-11-3-1-10(2-4-11)7-14(19)20/h1-4,12H,5-9H2,(H,17,18)(H,19,20)/t12-/m0/s1. The summed E-state index contributed by atoms with van der Waals surface area (Å²) in [7, 11) is -3.52. The average Bonchev–Trinajstić information content (AvgIpc) is 2.46. The number of nitrogens with one attached hydrogen (secondary N) is 1. The van der Waals surface area contributed by atoms with Crippen molar-refractivity contribution in [3.8, 4) is 0 Å². The lowest BCUT2D eigenvalue weighted by molar-refractivity contribution is -0.136. The molecule has 0 saturated carbocycles. The zero-order chi connectivity index (χ0) is 17.5. The fourth-order valence-corrected chi connectivity index (χ4v) is 4.33. The molecule has 6 nitrogen and oxygen atoms in total. The van der Waals surface area contributed by atoms with E-state index in [-0.39, 0.29) is 30.4 Å². The van der Waals surface area contributed by atoms with Crippen LogP contribution in [0, 0.1) is 0 Å². The van der Waals surface area contributed by atoms with Gasteiger partial charge in [0.1, 0.15) is 0 Å². The Hall–Kier alpha value is -1.31. The summed E-state index contributed by atoms with van der Waals surface area (Å²) in [6.45, 7) is 0. The van der Waals surface area contributed by atoms with Crippen LogP contribution in [0.25, 0.3) is 0 Å². The fraction of sp³-hybridized carbons (Fsp3) is 0.429. The molecule has 0 unspecified atom stereocenters. The number of hydrogen-bond donors (Lipinski definition) is 2. The molecule has 0 aliphatic rings. The minimum Gasteiger partial charge on any atom is -0.481 e. The first-order chi connectivity index (χ1) is 10.8. The molecule has 0 heterocycles. The Morgan fingerprint density at radius 2 is 1.78 bits per heavy atom. The number of sulfone groups is 1. The third-order valence-corrected chi connectivity index (χ3v) is 6.14. The van der Waals surface area contributed by atoms with Crippen LogP contribution in [0.15, 0.2) is 24.3 Å². The molecule has 1 atom stereocenters. The van der Waals surface area contributed by atoms with Crippen LogP contribution in [-0.4, -0.2) is 48.2 Å². The van der Waals surface area contributed by atoms with Crippen molar-refractivity contribution in [1.29, 1.82) is 0 Å². The smallest absolute Gasteiger partial charge is 0.307 e.